The topological polar surface area (TPSA) is 35.8 Å². The first-order valence-electron chi connectivity index (χ1n) is 5.32. The van der Waals surface area contributed by atoms with Gasteiger partial charge >= 0.3 is 0 Å². The summed E-state index contributed by atoms with van der Waals surface area (Å²) in [4.78, 5) is 0. The van der Waals surface area contributed by atoms with Gasteiger partial charge in [0.2, 0.25) is 0 Å². The third kappa shape index (κ3) is 2.93. The summed E-state index contributed by atoms with van der Waals surface area (Å²) in [7, 11) is 0. The fourth-order valence-electron chi connectivity index (χ4n) is 1.37. The van der Waals surface area contributed by atoms with E-state index in [1.165, 1.54) is 12.1 Å². The minimum atomic E-state index is -1.08. The zero-order chi connectivity index (χ0) is 12.0. The maximum Gasteiger partial charge on any atom is 0.183 e. The quantitative estimate of drug-likeness (QED) is 0.777. The minimum absolute atomic E-state index is 0.118. The molecule has 0 aromatic heterocycles. The van der Waals surface area contributed by atoms with Crippen LogP contribution in [0.15, 0.2) is 12.1 Å². The fourth-order valence-corrected chi connectivity index (χ4v) is 1.37. The van der Waals surface area contributed by atoms with Crippen LogP contribution >= 0.6 is 0 Å². The van der Waals surface area contributed by atoms with Gasteiger partial charge in [0, 0.05) is 6.54 Å². The SMILES string of the molecule is CCCCCNc1ccc(C#N)c(F)c1F. The van der Waals surface area contributed by atoms with E-state index in [0.29, 0.717) is 6.54 Å². The van der Waals surface area contributed by atoms with E-state index in [1.807, 2.05) is 0 Å². The predicted molar refractivity (Wildman–Crippen MR) is 59.1 cm³/mol. The third-order valence-corrected chi connectivity index (χ3v) is 2.30. The van der Waals surface area contributed by atoms with E-state index in [2.05, 4.69) is 12.2 Å². The molecule has 0 aliphatic rings. The molecule has 16 heavy (non-hydrogen) atoms. The van der Waals surface area contributed by atoms with Gasteiger partial charge in [-0.25, -0.2) is 8.78 Å². The molecule has 0 unspecified atom stereocenters. The number of nitrogens with zero attached hydrogens (tertiary/aromatic N) is 1. The van der Waals surface area contributed by atoms with Gasteiger partial charge in [-0.1, -0.05) is 19.8 Å². The van der Waals surface area contributed by atoms with Crippen molar-refractivity contribution in [2.45, 2.75) is 26.2 Å². The molecule has 0 saturated heterocycles. The smallest absolute Gasteiger partial charge is 0.183 e. The van der Waals surface area contributed by atoms with Crippen molar-refractivity contribution >= 4 is 5.69 Å². The van der Waals surface area contributed by atoms with Gasteiger partial charge in [0.1, 0.15) is 6.07 Å². The summed E-state index contributed by atoms with van der Waals surface area (Å²) in [6.07, 6.45) is 3.04. The van der Waals surface area contributed by atoms with Crippen LogP contribution in [0.4, 0.5) is 14.5 Å². The van der Waals surface area contributed by atoms with Crippen molar-refractivity contribution in [2.75, 3.05) is 11.9 Å². The highest BCUT2D eigenvalue weighted by Crippen LogP contribution is 2.20. The van der Waals surface area contributed by atoms with Crippen LogP contribution in [0.1, 0.15) is 31.7 Å². The molecule has 1 N–H and O–H groups in total. The van der Waals surface area contributed by atoms with Gasteiger partial charge in [0.15, 0.2) is 11.6 Å². The Morgan fingerprint density at radius 2 is 2.00 bits per heavy atom. The Hall–Kier alpha value is -1.63. The molecule has 0 atom stereocenters. The van der Waals surface area contributed by atoms with Crippen molar-refractivity contribution in [1.29, 1.82) is 5.26 Å². The highest BCUT2D eigenvalue weighted by molar-refractivity contribution is 5.49. The third-order valence-electron chi connectivity index (χ3n) is 2.30. The van der Waals surface area contributed by atoms with Gasteiger partial charge in [-0.3, -0.25) is 0 Å². The van der Waals surface area contributed by atoms with Crippen LogP contribution in [0.2, 0.25) is 0 Å². The summed E-state index contributed by atoms with van der Waals surface area (Å²) >= 11 is 0. The zero-order valence-corrected chi connectivity index (χ0v) is 9.19. The molecule has 0 aliphatic heterocycles. The lowest BCUT2D eigenvalue weighted by Gasteiger charge is -2.07. The molecule has 86 valence electrons. The second kappa shape index (κ2) is 6.06. The number of unbranched alkanes of at least 4 members (excludes halogenated alkanes) is 2. The number of rotatable bonds is 5. The molecule has 1 aromatic rings. The molecule has 1 rings (SSSR count). The number of halogens is 2. The standard InChI is InChI=1S/C12H14F2N2/c1-2-3-4-7-16-10-6-5-9(8-15)11(13)12(10)14/h5-6,16H,2-4,7H2,1H3. The van der Waals surface area contributed by atoms with Crippen LogP contribution in [-0.4, -0.2) is 6.54 Å². The van der Waals surface area contributed by atoms with Gasteiger partial charge in [-0.2, -0.15) is 5.26 Å². The number of nitriles is 1. The van der Waals surface area contributed by atoms with Crippen molar-refractivity contribution in [3.63, 3.8) is 0 Å². The Morgan fingerprint density at radius 1 is 1.25 bits per heavy atom. The first-order valence-corrected chi connectivity index (χ1v) is 5.32. The summed E-state index contributed by atoms with van der Waals surface area (Å²) in [6.45, 7) is 2.68. The molecule has 0 radical (unpaired) electrons. The molecular weight excluding hydrogens is 210 g/mol. The van der Waals surface area contributed by atoms with E-state index >= 15 is 0 Å². The summed E-state index contributed by atoms with van der Waals surface area (Å²) < 4.78 is 26.6. The van der Waals surface area contributed by atoms with E-state index in [1.54, 1.807) is 6.07 Å². The number of nitrogens with one attached hydrogen (secondary N) is 1. The van der Waals surface area contributed by atoms with Gasteiger partial charge in [-0.15, -0.1) is 0 Å². The maximum atomic E-state index is 13.4. The molecule has 0 saturated carbocycles. The average Bonchev–Trinajstić information content (AvgIpc) is 2.30. The largest absolute Gasteiger partial charge is 0.383 e. The van der Waals surface area contributed by atoms with Crippen LogP contribution < -0.4 is 5.32 Å². The Kier molecular flexibility index (Phi) is 4.71. The van der Waals surface area contributed by atoms with Crippen LogP contribution in [0.3, 0.4) is 0 Å². The lowest BCUT2D eigenvalue weighted by Crippen LogP contribution is -2.05. The molecule has 0 bridgehead atoms. The first-order chi connectivity index (χ1) is 7.70. The molecule has 0 amide bonds. The van der Waals surface area contributed by atoms with Gasteiger partial charge in [0.05, 0.1) is 11.3 Å². The highest BCUT2D eigenvalue weighted by Gasteiger charge is 2.12. The van der Waals surface area contributed by atoms with Crippen molar-refractivity contribution in [2.24, 2.45) is 0 Å². The van der Waals surface area contributed by atoms with Gasteiger partial charge in [0.25, 0.3) is 0 Å². The Morgan fingerprint density at radius 3 is 2.62 bits per heavy atom. The zero-order valence-electron chi connectivity index (χ0n) is 9.19. The Balaban J connectivity index is 2.68. The predicted octanol–water partition coefficient (Wildman–Crippen LogP) is 3.44. The van der Waals surface area contributed by atoms with Gasteiger partial charge < -0.3 is 5.32 Å². The number of hydrogen-bond donors (Lipinski definition) is 1. The average molecular weight is 224 g/mol. The fraction of sp³-hybridized carbons (Fsp3) is 0.417. The summed E-state index contributed by atoms with van der Waals surface area (Å²) in [5.74, 6) is -2.06. The van der Waals surface area contributed by atoms with Crippen molar-refractivity contribution in [1.82, 2.24) is 0 Å². The molecule has 0 aliphatic carbocycles. The van der Waals surface area contributed by atoms with Crippen molar-refractivity contribution in [3.8, 4) is 6.07 Å². The van der Waals surface area contributed by atoms with E-state index in [-0.39, 0.29) is 11.3 Å². The van der Waals surface area contributed by atoms with E-state index in [0.717, 1.165) is 19.3 Å². The first kappa shape index (κ1) is 12.4. The number of benzene rings is 1. The molecule has 0 spiro atoms. The monoisotopic (exact) mass is 224 g/mol. The van der Waals surface area contributed by atoms with E-state index < -0.39 is 11.6 Å². The summed E-state index contributed by atoms with van der Waals surface area (Å²) in [5.41, 5.74) is -0.149. The second-order valence-electron chi connectivity index (χ2n) is 3.53. The van der Waals surface area contributed by atoms with E-state index in [4.69, 9.17) is 5.26 Å². The second-order valence-corrected chi connectivity index (χ2v) is 3.53. The summed E-state index contributed by atoms with van der Waals surface area (Å²) in [5, 5.41) is 11.3. The number of anilines is 1. The van der Waals surface area contributed by atoms with E-state index in [9.17, 15) is 8.78 Å². The molecule has 0 heterocycles. The number of hydrogen-bond acceptors (Lipinski definition) is 2. The normalized spacial score (nSPS) is 9.88. The molecule has 2 nitrogen and oxygen atoms in total. The van der Waals surface area contributed by atoms with Crippen LogP contribution in [0.5, 0.6) is 0 Å². The summed E-state index contributed by atoms with van der Waals surface area (Å²) in [6, 6.07) is 4.27. The molecule has 4 heteroatoms. The lowest BCUT2D eigenvalue weighted by molar-refractivity contribution is 0.508. The minimum Gasteiger partial charge on any atom is -0.383 e. The van der Waals surface area contributed by atoms with Crippen LogP contribution in [-0.2, 0) is 0 Å². The molecular formula is C12H14F2N2. The van der Waals surface area contributed by atoms with Crippen molar-refractivity contribution < 1.29 is 8.78 Å². The van der Waals surface area contributed by atoms with Crippen LogP contribution in [0.25, 0.3) is 0 Å². The molecule has 0 fully saturated rings. The lowest BCUT2D eigenvalue weighted by atomic mass is 10.2. The Labute approximate surface area is 93.9 Å². The Bertz CT molecular complexity index is 397. The highest BCUT2D eigenvalue weighted by atomic mass is 19.2. The van der Waals surface area contributed by atoms with Crippen molar-refractivity contribution in [3.05, 3.63) is 29.3 Å². The van der Waals surface area contributed by atoms with Gasteiger partial charge in [-0.05, 0) is 18.6 Å². The van der Waals surface area contributed by atoms with Crippen LogP contribution in [0, 0.1) is 23.0 Å². The molecule has 1 aromatic carbocycles. The maximum absolute atomic E-state index is 13.4.